The Bertz CT molecular complexity index is 1400. The molecule has 33 heavy (non-hydrogen) atoms. The predicted octanol–water partition coefficient (Wildman–Crippen LogP) is 5.25. The quantitative estimate of drug-likeness (QED) is 0.421. The summed E-state index contributed by atoms with van der Waals surface area (Å²) in [6.45, 7) is -0.363. The number of nitrogens with zero attached hydrogens (tertiary/aromatic N) is 2. The molecule has 1 aromatic heterocycles. The number of fused-ring (bicyclic) bond motifs is 1. The highest BCUT2D eigenvalue weighted by molar-refractivity contribution is 6.34. The largest absolute Gasteiger partial charge is 0.478 e. The van der Waals surface area contributed by atoms with Gasteiger partial charge in [0.25, 0.3) is 5.91 Å². The van der Waals surface area contributed by atoms with Crippen LogP contribution < -0.4 is 0 Å². The van der Waals surface area contributed by atoms with Gasteiger partial charge in [0.15, 0.2) is 0 Å². The van der Waals surface area contributed by atoms with Crippen molar-refractivity contribution in [2.75, 3.05) is 0 Å². The van der Waals surface area contributed by atoms with E-state index in [1.165, 1.54) is 36.4 Å². The minimum absolute atomic E-state index is 0.0343. The molecule has 0 saturated carbocycles. The number of carbonyl (C=O) groups excluding carboxylic acids is 1. The zero-order valence-corrected chi connectivity index (χ0v) is 17.4. The SMILES string of the molecule is O=C(O)c1ccc(-c2nn(C(=O)c3c(Cl)cccc3C(F)(F)F)c3cc(CO)ccc23)cc1. The molecule has 0 bridgehead atoms. The zero-order valence-electron chi connectivity index (χ0n) is 16.6. The summed E-state index contributed by atoms with van der Waals surface area (Å²) in [4.78, 5) is 24.4. The van der Waals surface area contributed by atoms with Crippen molar-refractivity contribution in [2.45, 2.75) is 12.8 Å². The van der Waals surface area contributed by atoms with Gasteiger partial charge in [-0.3, -0.25) is 4.79 Å². The highest BCUT2D eigenvalue weighted by Crippen LogP contribution is 2.37. The molecule has 0 atom stereocenters. The van der Waals surface area contributed by atoms with Crippen LogP contribution in [0.5, 0.6) is 0 Å². The molecule has 3 aromatic carbocycles. The van der Waals surface area contributed by atoms with E-state index < -0.39 is 29.2 Å². The lowest BCUT2D eigenvalue weighted by Gasteiger charge is -2.13. The molecule has 6 nitrogen and oxygen atoms in total. The third-order valence-corrected chi connectivity index (χ3v) is 5.37. The molecule has 0 aliphatic heterocycles. The number of aliphatic hydroxyl groups excluding tert-OH is 1. The molecule has 0 amide bonds. The van der Waals surface area contributed by atoms with Gasteiger partial charge in [-0.05, 0) is 35.9 Å². The molecule has 0 spiro atoms. The minimum atomic E-state index is -4.83. The fourth-order valence-electron chi connectivity index (χ4n) is 3.48. The Balaban J connectivity index is 1.96. The number of aromatic carboxylic acids is 1. The van der Waals surface area contributed by atoms with E-state index in [1.807, 2.05) is 0 Å². The zero-order chi connectivity index (χ0) is 23.9. The number of rotatable bonds is 4. The first kappa shape index (κ1) is 22.5. The third-order valence-electron chi connectivity index (χ3n) is 5.06. The molecule has 4 aromatic rings. The lowest BCUT2D eigenvalue weighted by Crippen LogP contribution is -2.20. The number of aromatic nitrogens is 2. The van der Waals surface area contributed by atoms with E-state index in [0.717, 1.165) is 16.8 Å². The van der Waals surface area contributed by atoms with E-state index in [1.54, 1.807) is 12.1 Å². The van der Waals surface area contributed by atoms with Crippen LogP contribution in [-0.4, -0.2) is 31.9 Å². The summed E-state index contributed by atoms with van der Waals surface area (Å²) in [5.74, 6) is -2.22. The number of carbonyl (C=O) groups is 2. The van der Waals surface area contributed by atoms with Gasteiger partial charge in [-0.15, -0.1) is 0 Å². The number of halogens is 4. The Hall–Kier alpha value is -3.69. The minimum Gasteiger partial charge on any atom is -0.478 e. The summed E-state index contributed by atoms with van der Waals surface area (Å²) in [5, 5.41) is 22.9. The summed E-state index contributed by atoms with van der Waals surface area (Å²) in [5.41, 5.74) is -0.639. The van der Waals surface area contributed by atoms with Crippen molar-refractivity contribution in [1.29, 1.82) is 0 Å². The summed E-state index contributed by atoms with van der Waals surface area (Å²) in [6.07, 6.45) is -4.83. The second-order valence-corrected chi connectivity index (χ2v) is 7.53. The first-order valence-corrected chi connectivity index (χ1v) is 9.86. The summed E-state index contributed by atoms with van der Waals surface area (Å²) < 4.78 is 41.6. The van der Waals surface area contributed by atoms with E-state index in [9.17, 15) is 27.9 Å². The summed E-state index contributed by atoms with van der Waals surface area (Å²) in [7, 11) is 0. The van der Waals surface area contributed by atoms with Gasteiger partial charge in [-0.1, -0.05) is 41.9 Å². The number of hydrogen-bond acceptors (Lipinski definition) is 4. The molecule has 10 heteroatoms. The Morgan fingerprint density at radius 1 is 1.03 bits per heavy atom. The van der Waals surface area contributed by atoms with Gasteiger partial charge < -0.3 is 10.2 Å². The average molecular weight is 475 g/mol. The Labute approximate surface area is 189 Å². The lowest BCUT2D eigenvalue weighted by atomic mass is 10.0. The van der Waals surface area contributed by atoms with Gasteiger partial charge in [0.05, 0.1) is 33.8 Å². The highest BCUT2D eigenvalue weighted by Gasteiger charge is 2.37. The summed E-state index contributed by atoms with van der Waals surface area (Å²) >= 11 is 6.00. The van der Waals surface area contributed by atoms with Crippen molar-refractivity contribution in [2.24, 2.45) is 0 Å². The van der Waals surface area contributed by atoms with Crippen LogP contribution in [0.3, 0.4) is 0 Å². The van der Waals surface area contributed by atoms with Crippen molar-refractivity contribution >= 4 is 34.4 Å². The maximum atomic E-state index is 13.6. The lowest BCUT2D eigenvalue weighted by molar-refractivity contribution is -0.137. The van der Waals surface area contributed by atoms with E-state index in [-0.39, 0.29) is 28.4 Å². The van der Waals surface area contributed by atoms with Crippen LogP contribution in [0.1, 0.15) is 31.8 Å². The Morgan fingerprint density at radius 3 is 2.33 bits per heavy atom. The maximum absolute atomic E-state index is 13.6. The second-order valence-electron chi connectivity index (χ2n) is 7.12. The van der Waals surface area contributed by atoms with Crippen molar-refractivity contribution in [3.8, 4) is 11.3 Å². The fourth-order valence-corrected chi connectivity index (χ4v) is 3.74. The van der Waals surface area contributed by atoms with Crippen LogP contribution >= 0.6 is 11.6 Å². The molecule has 0 aliphatic carbocycles. The van der Waals surface area contributed by atoms with Gasteiger partial charge in [-0.25, -0.2) is 4.79 Å². The van der Waals surface area contributed by atoms with Crippen LogP contribution in [0.25, 0.3) is 22.2 Å². The van der Waals surface area contributed by atoms with Crippen molar-refractivity contribution in [1.82, 2.24) is 9.78 Å². The van der Waals surface area contributed by atoms with Crippen LogP contribution in [0.4, 0.5) is 13.2 Å². The predicted molar refractivity (Wildman–Crippen MR) is 114 cm³/mol. The van der Waals surface area contributed by atoms with Crippen LogP contribution in [0.2, 0.25) is 5.02 Å². The van der Waals surface area contributed by atoms with Gasteiger partial charge >= 0.3 is 12.1 Å². The number of carboxylic acids is 1. The number of benzene rings is 3. The molecule has 0 unspecified atom stereocenters. The molecular formula is C23H14ClF3N2O4. The van der Waals surface area contributed by atoms with Gasteiger partial charge in [-0.2, -0.15) is 23.0 Å². The number of aliphatic hydroxyl groups is 1. The van der Waals surface area contributed by atoms with Crippen LogP contribution in [0, 0.1) is 0 Å². The standard InChI is InChI=1S/C23H14ClF3N2O4/c24-17-3-1-2-16(23(25,26)27)19(17)21(31)29-18-10-12(11-30)4-9-15(18)20(28-29)13-5-7-14(8-6-13)22(32)33/h1-10,30H,11H2,(H,32,33). The van der Waals surface area contributed by atoms with Crippen molar-refractivity contribution < 1.29 is 33.0 Å². The Morgan fingerprint density at radius 2 is 1.73 bits per heavy atom. The fraction of sp³-hybridized carbons (Fsp3) is 0.0870. The van der Waals surface area contributed by atoms with E-state index in [0.29, 0.717) is 16.5 Å². The van der Waals surface area contributed by atoms with E-state index >= 15 is 0 Å². The molecule has 2 N–H and O–H groups in total. The third kappa shape index (κ3) is 4.08. The smallest absolute Gasteiger partial charge is 0.417 e. The molecule has 4 rings (SSSR count). The molecule has 0 fully saturated rings. The molecular weight excluding hydrogens is 461 g/mol. The first-order chi connectivity index (χ1) is 15.6. The monoisotopic (exact) mass is 474 g/mol. The number of alkyl halides is 3. The number of carboxylic acid groups (broad SMARTS) is 1. The van der Waals surface area contributed by atoms with Crippen LogP contribution in [-0.2, 0) is 12.8 Å². The maximum Gasteiger partial charge on any atom is 0.417 e. The molecule has 0 radical (unpaired) electrons. The molecule has 1 heterocycles. The Kier molecular flexibility index (Phi) is 5.69. The first-order valence-electron chi connectivity index (χ1n) is 9.48. The topological polar surface area (TPSA) is 92.4 Å². The highest BCUT2D eigenvalue weighted by atomic mass is 35.5. The van der Waals surface area contributed by atoms with E-state index in [4.69, 9.17) is 16.7 Å². The van der Waals surface area contributed by atoms with E-state index in [2.05, 4.69) is 5.10 Å². The molecule has 0 aliphatic rings. The second kappa shape index (κ2) is 8.34. The van der Waals surface area contributed by atoms with Crippen molar-refractivity contribution in [3.05, 3.63) is 87.9 Å². The van der Waals surface area contributed by atoms with Gasteiger partial charge in [0.1, 0.15) is 5.69 Å². The summed E-state index contributed by atoms with van der Waals surface area (Å²) in [6, 6.07) is 13.3. The van der Waals surface area contributed by atoms with Crippen molar-refractivity contribution in [3.63, 3.8) is 0 Å². The molecule has 168 valence electrons. The van der Waals surface area contributed by atoms with Crippen LogP contribution in [0.15, 0.2) is 60.7 Å². The van der Waals surface area contributed by atoms with Gasteiger partial charge in [0, 0.05) is 10.9 Å². The molecule has 0 saturated heterocycles. The van der Waals surface area contributed by atoms with Gasteiger partial charge in [0.2, 0.25) is 0 Å². The average Bonchev–Trinajstić information content (AvgIpc) is 3.16. The normalized spacial score (nSPS) is 11.7. The number of hydrogen-bond donors (Lipinski definition) is 2.